The number of hydrogen-bond donors (Lipinski definition) is 0. The van der Waals surface area contributed by atoms with Gasteiger partial charge in [0.1, 0.15) is 11.5 Å². The molecule has 1 aliphatic heterocycles. The number of cyclic esters (lactones) is 1. The molecule has 138 valence electrons. The zero-order valence-corrected chi connectivity index (χ0v) is 14.9. The Hall–Kier alpha value is -3.71. The van der Waals surface area contributed by atoms with Crippen LogP contribution in [0.4, 0.5) is 5.69 Å². The number of carbonyl (C=O) groups is 1. The number of halogens is 1. The maximum atomic E-state index is 12.1. The van der Waals surface area contributed by atoms with E-state index in [1.54, 1.807) is 24.3 Å². The Morgan fingerprint density at radius 2 is 1.86 bits per heavy atom. The van der Waals surface area contributed by atoms with E-state index in [-0.39, 0.29) is 22.3 Å². The van der Waals surface area contributed by atoms with E-state index in [9.17, 15) is 14.9 Å². The minimum Gasteiger partial charge on any atom is -0.457 e. The van der Waals surface area contributed by atoms with Crippen molar-refractivity contribution >= 4 is 35.2 Å². The van der Waals surface area contributed by atoms with Gasteiger partial charge in [-0.05, 0) is 30.3 Å². The molecule has 28 heavy (non-hydrogen) atoms. The number of nitro benzene ring substituents is 1. The zero-order valence-electron chi connectivity index (χ0n) is 14.2. The number of nitrogens with zero attached hydrogens (tertiary/aromatic N) is 2. The molecule has 0 radical (unpaired) electrons. The van der Waals surface area contributed by atoms with Crippen molar-refractivity contribution in [3.05, 3.63) is 92.8 Å². The molecule has 0 saturated carbocycles. The van der Waals surface area contributed by atoms with Gasteiger partial charge in [0.15, 0.2) is 5.70 Å². The van der Waals surface area contributed by atoms with Gasteiger partial charge in [0.05, 0.1) is 9.95 Å². The lowest BCUT2D eigenvalue weighted by Gasteiger charge is -2.00. The Labute approximate surface area is 163 Å². The Morgan fingerprint density at radius 3 is 2.57 bits per heavy atom. The molecule has 0 spiro atoms. The molecule has 0 N–H and O–H groups in total. The summed E-state index contributed by atoms with van der Waals surface area (Å²) >= 11 is 6.12. The zero-order chi connectivity index (χ0) is 19.7. The minimum absolute atomic E-state index is 0.106. The summed E-state index contributed by atoms with van der Waals surface area (Å²) in [5.41, 5.74) is 1.19. The third kappa shape index (κ3) is 3.43. The minimum atomic E-state index is -0.579. The van der Waals surface area contributed by atoms with E-state index in [0.717, 1.165) is 0 Å². The van der Waals surface area contributed by atoms with Gasteiger partial charge in [-0.2, -0.15) is 0 Å². The topological polar surface area (TPSA) is 94.9 Å². The van der Waals surface area contributed by atoms with Gasteiger partial charge in [-0.15, -0.1) is 0 Å². The highest BCUT2D eigenvalue weighted by molar-refractivity contribution is 6.33. The number of non-ortho nitro benzene ring substituents is 1. The molecule has 0 bridgehead atoms. The molecule has 2 aromatic carbocycles. The molecular formula is C20H11ClN2O5. The van der Waals surface area contributed by atoms with Gasteiger partial charge < -0.3 is 9.15 Å². The van der Waals surface area contributed by atoms with E-state index in [2.05, 4.69) is 4.99 Å². The van der Waals surface area contributed by atoms with Crippen molar-refractivity contribution in [3.63, 3.8) is 0 Å². The lowest BCUT2D eigenvalue weighted by molar-refractivity contribution is -0.384. The number of benzene rings is 2. The summed E-state index contributed by atoms with van der Waals surface area (Å²) in [4.78, 5) is 26.6. The fourth-order valence-electron chi connectivity index (χ4n) is 2.64. The molecule has 0 saturated heterocycles. The molecular weight excluding hydrogens is 384 g/mol. The molecule has 2 heterocycles. The quantitative estimate of drug-likeness (QED) is 0.273. The Balaban J connectivity index is 1.62. The van der Waals surface area contributed by atoms with Gasteiger partial charge in [0.25, 0.3) is 5.69 Å². The second-order valence-corrected chi connectivity index (χ2v) is 6.23. The van der Waals surface area contributed by atoms with Crippen LogP contribution >= 0.6 is 11.6 Å². The molecule has 1 aromatic heterocycles. The summed E-state index contributed by atoms with van der Waals surface area (Å²) in [6.45, 7) is 0. The average molecular weight is 395 g/mol. The largest absolute Gasteiger partial charge is 0.457 e. The highest BCUT2D eigenvalue weighted by Gasteiger charge is 2.24. The molecule has 4 rings (SSSR count). The van der Waals surface area contributed by atoms with Crippen LogP contribution in [-0.2, 0) is 9.53 Å². The van der Waals surface area contributed by atoms with Crippen LogP contribution in [0, 0.1) is 10.1 Å². The number of aliphatic imine (C=N–C) groups is 1. The molecule has 0 atom stereocenters. The highest BCUT2D eigenvalue weighted by Crippen LogP contribution is 2.33. The first-order chi connectivity index (χ1) is 13.5. The monoisotopic (exact) mass is 394 g/mol. The van der Waals surface area contributed by atoms with Crippen LogP contribution in [0.25, 0.3) is 17.4 Å². The van der Waals surface area contributed by atoms with Crippen molar-refractivity contribution in [2.24, 2.45) is 4.99 Å². The van der Waals surface area contributed by atoms with Crippen molar-refractivity contribution in [2.45, 2.75) is 0 Å². The highest BCUT2D eigenvalue weighted by atomic mass is 35.5. The Kier molecular flexibility index (Phi) is 4.50. The van der Waals surface area contributed by atoms with E-state index in [1.807, 2.05) is 18.2 Å². The fraction of sp³-hybridized carbons (Fsp3) is 0. The molecule has 0 fully saturated rings. The predicted molar refractivity (Wildman–Crippen MR) is 103 cm³/mol. The predicted octanol–water partition coefficient (Wildman–Crippen LogP) is 4.85. The third-order valence-electron chi connectivity index (χ3n) is 3.98. The number of ether oxygens (including phenoxy) is 1. The summed E-state index contributed by atoms with van der Waals surface area (Å²) in [6, 6.07) is 16.5. The lowest BCUT2D eigenvalue weighted by Crippen LogP contribution is -2.04. The van der Waals surface area contributed by atoms with E-state index < -0.39 is 10.9 Å². The van der Waals surface area contributed by atoms with Crippen LogP contribution in [0.15, 0.2) is 75.8 Å². The molecule has 3 aromatic rings. The van der Waals surface area contributed by atoms with Crippen LogP contribution in [0.1, 0.15) is 11.3 Å². The number of nitro groups is 1. The molecule has 7 nitrogen and oxygen atoms in total. The smallest absolute Gasteiger partial charge is 0.363 e. The fourth-order valence-corrected chi connectivity index (χ4v) is 2.91. The van der Waals surface area contributed by atoms with Gasteiger partial charge in [0, 0.05) is 29.3 Å². The maximum absolute atomic E-state index is 12.1. The molecule has 0 aliphatic carbocycles. The van der Waals surface area contributed by atoms with E-state index in [1.165, 1.54) is 24.3 Å². The summed E-state index contributed by atoms with van der Waals surface area (Å²) in [6.07, 6.45) is 1.46. The van der Waals surface area contributed by atoms with E-state index in [0.29, 0.717) is 22.6 Å². The summed E-state index contributed by atoms with van der Waals surface area (Å²) in [7, 11) is 0. The number of esters is 1. The molecule has 0 amide bonds. The normalized spacial score (nSPS) is 14.8. The second-order valence-electron chi connectivity index (χ2n) is 5.83. The standard InChI is InChI=1S/C20H11ClN2O5/c21-16-10-13(23(25)26)6-8-15(16)18-9-7-14(27-18)11-17-20(24)28-19(22-17)12-4-2-1-3-5-12/h1-11H/b17-11+. The van der Waals surface area contributed by atoms with Crippen LogP contribution < -0.4 is 0 Å². The summed E-state index contributed by atoms with van der Waals surface area (Å²) < 4.78 is 10.9. The lowest BCUT2D eigenvalue weighted by atomic mass is 10.1. The first-order valence-corrected chi connectivity index (χ1v) is 8.51. The average Bonchev–Trinajstić information content (AvgIpc) is 3.30. The van der Waals surface area contributed by atoms with Crippen molar-refractivity contribution in [2.75, 3.05) is 0 Å². The van der Waals surface area contributed by atoms with Gasteiger partial charge in [-0.1, -0.05) is 29.8 Å². The van der Waals surface area contributed by atoms with Gasteiger partial charge >= 0.3 is 5.97 Å². The molecule has 1 aliphatic rings. The van der Waals surface area contributed by atoms with Crippen molar-refractivity contribution in [1.29, 1.82) is 0 Å². The van der Waals surface area contributed by atoms with E-state index >= 15 is 0 Å². The number of hydrogen-bond acceptors (Lipinski definition) is 6. The summed E-state index contributed by atoms with van der Waals surface area (Å²) in [5.74, 6) is 0.423. The van der Waals surface area contributed by atoms with Crippen molar-refractivity contribution in [3.8, 4) is 11.3 Å². The van der Waals surface area contributed by atoms with Crippen molar-refractivity contribution in [1.82, 2.24) is 0 Å². The molecule has 0 unspecified atom stereocenters. The second kappa shape index (κ2) is 7.13. The number of carbonyl (C=O) groups excluding carboxylic acids is 1. The first kappa shape index (κ1) is 17.7. The van der Waals surface area contributed by atoms with Crippen LogP contribution in [-0.4, -0.2) is 16.8 Å². The van der Waals surface area contributed by atoms with Crippen molar-refractivity contribution < 1.29 is 18.9 Å². The SMILES string of the molecule is O=C1OC(c2ccccc2)=N/C1=C/c1ccc(-c2ccc([N+](=O)[O-])cc2Cl)o1. The third-order valence-corrected chi connectivity index (χ3v) is 4.29. The van der Waals surface area contributed by atoms with Gasteiger partial charge in [-0.3, -0.25) is 10.1 Å². The summed E-state index contributed by atoms with van der Waals surface area (Å²) in [5, 5.41) is 11.0. The van der Waals surface area contributed by atoms with Gasteiger partial charge in [0.2, 0.25) is 5.90 Å². The van der Waals surface area contributed by atoms with Crippen LogP contribution in [0.3, 0.4) is 0 Å². The maximum Gasteiger partial charge on any atom is 0.363 e. The van der Waals surface area contributed by atoms with E-state index in [4.69, 9.17) is 20.8 Å². The van der Waals surface area contributed by atoms with Gasteiger partial charge in [-0.25, -0.2) is 9.79 Å². The first-order valence-electron chi connectivity index (χ1n) is 8.13. The van der Waals surface area contributed by atoms with Crippen LogP contribution in [0.2, 0.25) is 5.02 Å². The Bertz CT molecular complexity index is 1150. The number of rotatable bonds is 4. The Morgan fingerprint density at radius 1 is 1.07 bits per heavy atom. The number of furan rings is 1. The van der Waals surface area contributed by atoms with Crippen LogP contribution in [0.5, 0.6) is 0 Å². The molecule has 8 heteroatoms.